The standard InChI is InChI=1S/C9H9ClN2O2S2/c1-16(13,14)12-9-3-2-7(4-8(9)10)5-11-6-15/h2-4,12H,5H2,1H3. The average Bonchev–Trinajstić information content (AvgIpc) is 2.17. The van der Waals surface area contributed by atoms with Crippen LogP contribution in [0.15, 0.2) is 23.2 Å². The Kier molecular flexibility index (Phi) is 4.44. The van der Waals surface area contributed by atoms with Gasteiger partial charge in [0.05, 0.1) is 28.7 Å². The quantitative estimate of drug-likeness (QED) is 0.678. The summed E-state index contributed by atoms with van der Waals surface area (Å²) in [5, 5.41) is 2.56. The molecule has 0 aromatic heterocycles. The molecular formula is C9H9ClN2O2S2. The summed E-state index contributed by atoms with van der Waals surface area (Å²) in [7, 11) is -3.32. The number of thiocarbonyl (C=S) groups is 1. The van der Waals surface area contributed by atoms with Crippen LogP contribution < -0.4 is 4.72 Å². The number of isothiocyanates is 1. The Balaban J connectivity index is 2.95. The number of benzene rings is 1. The van der Waals surface area contributed by atoms with E-state index in [9.17, 15) is 8.42 Å². The zero-order valence-electron chi connectivity index (χ0n) is 8.40. The summed E-state index contributed by atoms with van der Waals surface area (Å²) in [5.41, 5.74) is 1.18. The number of hydrogen-bond donors (Lipinski definition) is 1. The predicted molar refractivity (Wildman–Crippen MR) is 68.6 cm³/mol. The molecule has 0 amide bonds. The first kappa shape index (κ1) is 13.1. The molecule has 0 fully saturated rings. The lowest BCUT2D eigenvalue weighted by molar-refractivity contribution is 0.607. The van der Waals surface area contributed by atoms with Crippen LogP contribution in [-0.4, -0.2) is 19.8 Å². The van der Waals surface area contributed by atoms with Gasteiger partial charge < -0.3 is 0 Å². The van der Waals surface area contributed by atoms with Crippen molar-refractivity contribution in [3.05, 3.63) is 28.8 Å². The zero-order valence-corrected chi connectivity index (χ0v) is 10.8. The molecule has 0 aliphatic carbocycles. The number of nitrogens with one attached hydrogen (secondary N) is 1. The second kappa shape index (κ2) is 5.41. The lowest BCUT2D eigenvalue weighted by Crippen LogP contribution is -2.09. The lowest BCUT2D eigenvalue weighted by atomic mass is 10.2. The van der Waals surface area contributed by atoms with E-state index in [-0.39, 0.29) is 0 Å². The maximum Gasteiger partial charge on any atom is 0.229 e. The van der Waals surface area contributed by atoms with E-state index in [0.717, 1.165) is 11.8 Å². The SMILES string of the molecule is CS(=O)(=O)Nc1ccc(CN=C=S)cc1Cl. The second-order valence-electron chi connectivity index (χ2n) is 3.10. The third-order valence-corrected chi connectivity index (χ3v) is 2.69. The summed E-state index contributed by atoms with van der Waals surface area (Å²) in [4.78, 5) is 3.75. The molecule has 0 aliphatic heterocycles. The Morgan fingerprint density at radius 2 is 2.25 bits per heavy atom. The summed E-state index contributed by atoms with van der Waals surface area (Å²) in [5.74, 6) is 0. The molecule has 4 nitrogen and oxygen atoms in total. The molecular weight excluding hydrogens is 268 g/mol. The van der Waals surface area contributed by atoms with Crippen LogP contribution in [0.1, 0.15) is 5.56 Å². The number of anilines is 1. The Morgan fingerprint density at radius 3 is 2.75 bits per heavy atom. The minimum atomic E-state index is -3.32. The van der Waals surface area contributed by atoms with Gasteiger partial charge in [-0.3, -0.25) is 4.72 Å². The van der Waals surface area contributed by atoms with E-state index < -0.39 is 10.0 Å². The second-order valence-corrected chi connectivity index (χ2v) is 5.43. The van der Waals surface area contributed by atoms with Crippen LogP contribution >= 0.6 is 23.8 Å². The molecule has 0 heterocycles. The highest BCUT2D eigenvalue weighted by Gasteiger charge is 2.06. The van der Waals surface area contributed by atoms with Crippen LogP contribution in [0.5, 0.6) is 0 Å². The van der Waals surface area contributed by atoms with Gasteiger partial charge in [-0.15, -0.1) is 0 Å². The predicted octanol–water partition coefficient (Wildman–Crippen LogP) is 2.31. The van der Waals surface area contributed by atoms with Crippen molar-refractivity contribution in [2.75, 3.05) is 11.0 Å². The van der Waals surface area contributed by atoms with Gasteiger partial charge in [0.25, 0.3) is 0 Å². The summed E-state index contributed by atoms with van der Waals surface area (Å²) in [6.45, 7) is 0.377. The number of aliphatic imine (C=N–C) groups is 1. The van der Waals surface area contributed by atoms with Crippen LogP contribution in [0.25, 0.3) is 0 Å². The number of halogens is 1. The third-order valence-electron chi connectivity index (χ3n) is 1.66. The van der Waals surface area contributed by atoms with Crippen molar-refractivity contribution >= 4 is 44.7 Å². The summed E-state index contributed by atoms with van der Waals surface area (Å²) in [6.07, 6.45) is 1.06. The van der Waals surface area contributed by atoms with E-state index in [0.29, 0.717) is 17.3 Å². The highest BCUT2D eigenvalue weighted by molar-refractivity contribution is 7.92. The molecule has 1 aromatic rings. The van der Waals surface area contributed by atoms with Crippen molar-refractivity contribution < 1.29 is 8.42 Å². The fraction of sp³-hybridized carbons (Fsp3) is 0.222. The van der Waals surface area contributed by atoms with E-state index in [4.69, 9.17) is 11.6 Å². The largest absolute Gasteiger partial charge is 0.282 e. The van der Waals surface area contributed by atoms with E-state index in [2.05, 4.69) is 27.1 Å². The fourth-order valence-corrected chi connectivity index (χ4v) is 2.01. The third kappa shape index (κ3) is 4.28. The highest BCUT2D eigenvalue weighted by Crippen LogP contribution is 2.24. The van der Waals surface area contributed by atoms with Gasteiger partial charge in [0.15, 0.2) is 0 Å². The van der Waals surface area contributed by atoms with E-state index in [1.54, 1.807) is 18.2 Å². The van der Waals surface area contributed by atoms with Gasteiger partial charge >= 0.3 is 0 Å². The minimum absolute atomic E-state index is 0.322. The topological polar surface area (TPSA) is 58.5 Å². The van der Waals surface area contributed by atoms with Gasteiger partial charge in [-0.2, -0.15) is 0 Å². The molecule has 7 heteroatoms. The van der Waals surface area contributed by atoms with Crippen LogP contribution in [0.3, 0.4) is 0 Å². The number of hydrogen-bond acceptors (Lipinski definition) is 4. The Labute approximate surface area is 104 Å². The molecule has 0 atom stereocenters. The maximum atomic E-state index is 11.0. The van der Waals surface area contributed by atoms with Crippen LogP contribution in [0.4, 0.5) is 5.69 Å². The highest BCUT2D eigenvalue weighted by atomic mass is 35.5. The number of sulfonamides is 1. The molecule has 1 aromatic carbocycles. The molecule has 86 valence electrons. The first-order chi connectivity index (χ1) is 7.42. The first-order valence-corrected chi connectivity index (χ1v) is 6.90. The van der Waals surface area contributed by atoms with Gasteiger partial charge in [0, 0.05) is 0 Å². The molecule has 1 rings (SSSR count). The summed E-state index contributed by atoms with van der Waals surface area (Å²) >= 11 is 10.3. The fourth-order valence-electron chi connectivity index (χ4n) is 1.06. The maximum absolute atomic E-state index is 11.0. The molecule has 16 heavy (non-hydrogen) atoms. The van der Waals surface area contributed by atoms with Crippen molar-refractivity contribution in [3.8, 4) is 0 Å². The number of nitrogens with zero attached hydrogens (tertiary/aromatic N) is 1. The van der Waals surface area contributed by atoms with Crippen molar-refractivity contribution in [2.45, 2.75) is 6.54 Å². The van der Waals surface area contributed by atoms with Crippen LogP contribution in [0.2, 0.25) is 5.02 Å². The molecule has 0 bridgehead atoms. The lowest BCUT2D eigenvalue weighted by Gasteiger charge is -2.06. The van der Waals surface area contributed by atoms with Gasteiger partial charge in [-0.05, 0) is 29.9 Å². The van der Waals surface area contributed by atoms with Crippen molar-refractivity contribution in [2.24, 2.45) is 4.99 Å². The molecule has 0 saturated carbocycles. The van der Waals surface area contributed by atoms with Crippen molar-refractivity contribution in [1.29, 1.82) is 0 Å². The van der Waals surface area contributed by atoms with Crippen LogP contribution in [-0.2, 0) is 16.6 Å². The molecule has 1 N–H and O–H groups in total. The molecule has 0 saturated heterocycles. The molecule has 0 radical (unpaired) electrons. The Bertz CT molecular complexity index is 536. The molecule has 0 spiro atoms. The summed E-state index contributed by atoms with van der Waals surface area (Å²) < 4.78 is 24.3. The minimum Gasteiger partial charge on any atom is -0.282 e. The Hall–Kier alpha value is -0.940. The van der Waals surface area contributed by atoms with Crippen LogP contribution in [0, 0.1) is 0 Å². The average molecular weight is 277 g/mol. The zero-order chi connectivity index (χ0) is 12.2. The van der Waals surface area contributed by atoms with E-state index >= 15 is 0 Å². The van der Waals surface area contributed by atoms with Crippen molar-refractivity contribution in [3.63, 3.8) is 0 Å². The first-order valence-electron chi connectivity index (χ1n) is 4.22. The van der Waals surface area contributed by atoms with Gasteiger partial charge in [0.2, 0.25) is 10.0 Å². The van der Waals surface area contributed by atoms with Gasteiger partial charge in [-0.1, -0.05) is 17.7 Å². The van der Waals surface area contributed by atoms with E-state index in [1.807, 2.05) is 0 Å². The number of rotatable bonds is 4. The van der Waals surface area contributed by atoms with Gasteiger partial charge in [0.1, 0.15) is 0 Å². The van der Waals surface area contributed by atoms with E-state index in [1.165, 1.54) is 0 Å². The smallest absolute Gasteiger partial charge is 0.229 e. The summed E-state index contributed by atoms with van der Waals surface area (Å²) in [6, 6.07) is 4.93. The van der Waals surface area contributed by atoms with Gasteiger partial charge in [-0.25, -0.2) is 13.4 Å². The monoisotopic (exact) mass is 276 g/mol. The normalized spacial score (nSPS) is 10.6. The van der Waals surface area contributed by atoms with Crippen molar-refractivity contribution in [1.82, 2.24) is 0 Å². The molecule has 0 unspecified atom stereocenters. The Morgan fingerprint density at radius 1 is 1.56 bits per heavy atom. The molecule has 0 aliphatic rings.